The first-order valence-corrected chi connectivity index (χ1v) is 7.18. The van der Waals surface area contributed by atoms with E-state index in [9.17, 15) is 10.1 Å². The number of aromatic nitrogens is 1. The molecule has 2 rings (SSSR count). The highest BCUT2D eigenvalue weighted by Gasteiger charge is 2.17. The monoisotopic (exact) mass is 348 g/mol. The molecule has 0 saturated carbocycles. The molecule has 0 atom stereocenters. The van der Waals surface area contributed by atoms with Crippen LogP contribution in [0.4, 0.5) is 11.4 Å². The zero-order chi connectivity index (χ0) is 18.7. The van der Waals surface area contributed by atoms with Crippen molar-refractivity contribution in [2.45, 2.75) is 13.5 Å². The largest absolute Gasteiger partial charge is 0.472 e. The number of nitrogens with zero attached hydrogens (tertiary/aromatic N) is 2. The molecule has 0 aliphatic carbocycles. The predicted octanol–water partition coefficient (Wildman–Crippen LogP) is 1.03. The summed E-state index contributed by atoms with van der Waals surface area (Å²) in [7, 11) is 1.72. The van der Waals surface area contributed by atoms with Gasteiger partial charge in [-0.15, -0.1) is 0 Å². The van der Waals surface area contributed by atoms with Crippen molar-refractivity contribution in [1.82, 2.24) is 15.9 Å². The lowest BCUT2D eigenvalue weighted by molar-refractivity contribution is -0.385. The van der Waals surface area contributed by atoms with Crippen LogP contribution in [-0.4, -0.2) is 23.4 Å². The molecule has 10 heteroatoms. The number of amides is 1. The number of pyridine rings is 1. The van der Waals surface area contributed by atoms with Crippen LogP contribution in [0.25, 0.3) is 0 Å². The van der Waals surface area contributed by atoms with E-state index in [1.807, 2.05) is 30.0 Å². The van der Waals surface area contributed by atoms with Crippen molar-refractivity contribution in [2.24, 2.45) is 5.84 Å². The lowest BCUT2D eigenvalue weighted by atomic mass is 10.1. The summed E-state index contributed by atoms with van der Waals surface area (Å²) in [6.07, 6.45) is 2.07. The Labute approximate surface area is 144 Å². The predicted molar refractivity (Wildman–Crippen MR) is 92.5 cm³/mol. The minimum Gasteiger partial charge on any atom is -0.472 e. The smallest absolute Gasteiger partial charge is 0.278 e. The third-order valence-electron chi connectivity index (χ3n) is 3.07. The summed E-state index contributed by atoms with van der Waals surface area (Å²) in [6.45, 7) is 1.96. The first-order valence-electron chi connectivity index (χ1n) is 7.18. The maximum absolute atomic E-state index is 11.1. The van der Waals surface area contributed by atoms with Crippen LogP contribution in [0.15, 0.2) is 36.5 Å². The van der Waals surface area contributed by atoms with Crippen molar-refractivity contribution in [3.05, 3.63) is 57.8 Å². The van der Waals surface area contributed by atoms with Gasteiger partial charge in [-0.05, 0) is 19.1 Å². The summed E-state index contributed by atoms with van der Waals surface area (Å²) in [5.41, 5.74) is 5.96. The minimum atomic E-state index is -0.412. The van der Waals surface area contributed by atoms with Crippen LogP contribution in [0.5, 0.6) is 5.88 Å². The van der Waals surface area contributed by atoms with Gasteiger partial charge in [0.2, 0.25) is 12.3 Å². The summed E-state index contributed by atoms with van der Waals surface area (Å²) < 4.78 is 5.60. The van der Waals surface area contributed by atoms with E-state index in [1.54, 1.807) is 25.4 Å². The molecule has 0 fully saturated rings. The highest BCUT2D eigenvalue weighted by molar-refractivity contribution is 5.60. The maximum atomic E-state index is 11.1. The van der Waals surface area contributed by atoms with E-state index in [-0.39, 0.29) is 12.3 Å². The molecule has 25 heavy (non-hydrogen) atoms. The topological polar surface area (TPSA) is 144 Å². The van der Waals surface area contributed by atoms with Gasteiger partial charge < -0.3 is 10.1 Å². The highest BCUT2D eigenvalue weighted by Crippen LogP contribution is 2.27. The number of nitrogens with one attached hydrogen (secondary N) is 3. The second kappa shape index (κ2) is 10.5. The van der Waals surface area contributed by atoms with Gasteiger partial charge in [-0.3, -0.25) is 26.2 Å². The van der Waals surface area contributed by atoms with Gasteiger partial charge in [0.05, 0.1) is 10.5 Å². The SMILES string of the molecule is CNc1cccc([N+](=O)[O-])c1COc1ncccc1C.NNNC=O. The van der Waals surface area contributed by atoms with Crippen molar-refractivity contribution < 1.29 is 14.5 Å². The molecule has 0 bridgehead atoms. The van der Waals surface area contributed by atoms with Gasteiger partial charge in [-0.1, -0.05) is 12.1 Å². The summed E-state index contributed by atoms with van der Waals surface area (Å²) in [5, 5.41) is 14.0. The van der Waals surface area contributed by atoms with Crippen molar-refractivity contribution in [3.8, 4) is 5.88 Å². The fraction of sp³-hybridized carbons (Fsp3) is 0.200. The summed E-state index contributed by atoms with van der Waals surface area (Å²) in [4.78, 5) is 23.9. The van der Waals surface area contributed by atoms with E-state index < -0.39 is 4.92 Å². The van der Waals surface area contributed by atoms with Crippen LogP contribution in [-0.2, 0) is 11.4 Å². The zero-order valence-electron chi connectivity index (χ0n) is 13.9. The number of carbonyl (C=O) groups excluding carboxylic acids is 1. The van der Waals surface area contributed by atoms with Crippen LogP contribution in [0.2, 0.25) is 0 Å². The number of aryl methyl sites for hydroxylation is 1. The number of nitro benzene ring substituents is 1. The molecule has 0 aliphatic rings. The lowest BCUT2D eigenvalue weighted by Crippen LogP contribution is -2.36. The number of benzene rings is 1. The van der Waals surface area contributed by atoms with Gasteiger partial charge in [0.15, 0.2) is 0 Å². The van der Waals surface area contributed by atoms with Crippen molar-refractivity contribution in [2.75, 3.05) is 12.4 Å². The standard InChI is InChI=1S/C14H15N3O3.CH5N3O/c1-10-5-4-8-16-14(10)20-9-11-12(15-2)6-3-7-13(11)17(18)19;2-4-3-1-5/h3-8,15H,9H2,1-2H3;1,4H,2H2,(H,3,5). The third-order valence-corrected chi connectivity index (χ3v) is 3.07. The van der Waals surface area contributed by atoms with E-state index in [1.165, 1.54) is 6.07 Å². The second-order valence-corrected chi connectivity index (χ2v) is 4.63. The maximum Gasteiger partial charge on any atom is 0.278 e. The summed E-state index contributed by atoms with van der Waals surface area (Å²) >= 11 is 0. The van der Waals surface area contributed by atoms with Crippen molar-refractivity contribution in [1.29, 1.82) is 0 Å². The molecule has 10 nitrogen and oxygen atoms in total. The average Bonchev–Trinajstić information content (AvgIpc) is 2.62. The molecule has 0 radical (unpaired) electrons. The lowest BCUT2D eigenvalue weighted by Gasteiger charge is -2.11. The molecule has 5 N–H and O–H groups in total. The molecule has 1 aromatic carbocycles. The van der Waals surface area contributed by atoms with Crippen molar-refractivity contribution >= 4 is 17.8 Å². The first-order chi connectivity index (χ1) is 12.0. The Morgan fingerprint density at radius 3 is 2.64 bits per heavy atom. The van der Waals surface area contributed by atoms with Crippen LogP contribution in [0, 0.1) is 17.0 Å². The quantitative estimate of drug-likeness (QED) is 0.251. The zero-order valence-corrected chi connectivity index (χ0v) is 13.9. The Morgan fingerprint density at radius 1 is 1.36 bits per heavy atom. The molecule has 0 saturated heterocycles. The van der Waals surface area contributed by atoms with E-state index in [0.717, 1.165) is 5.56 Å². The number of nitrogens with two attached hydrogens (primary N) is 1. The number of hydrazine groups is 2. The van der Waals surface area contributed by atoms with E-state index in [2.05, 4.69) is 16.1 Å². The Balaban J connectivity index is 0.000000550. The summed E-state index contributed by atoms with van der Waals surface area (Å²) in [5.74, 6) is 5.03. The Kier molecular flexibility index (Phi) is 8.33. The third kappa shape index (κ3) is 6.05. The molecule has 1 heterocycles. The Morgan fingerprint density at radius 2 is 2.12 bits per heavy atom. The number of ether oxygens (including phenoxy) is 1. The molecule has 0 aliphatic heterocycles. The van der Waals surface area contributed by atoms with Crippen molar-refractivity contribution in [3.63, 3.8) is 0 Å². The molecular weight excluding hydrogens is 328 g/mol. The number of anilines is 1. The molecule has 1 aromatic heterocycles. The second-order valence-electron chi connectivity index (χ2n) is 4.63. The van der Waals surface area contributed by atoms with E-state index >= 15 is 0 Å². The van der Waals surface area contributed by atoms with Gasteiger partial charge >= 0.3 is 0 Å². The molecular formula is C15H20N6O4. The number of rotatable bonds is 7. The fourth-order valence-corrected chi connectivity index (χ4v) is 1.93. The Hall–Kier alpha value is -3.24. The van der Waals surface area contributed by atoms with Gasteiger partial charge in [0.1, 0.15) is 6.61 Å². The van der Waals surface area contributed by atoms with Gasteiger partial charge in [0.25, 0.3) is 5.69 Å². The number of carbonyl (C=O) groups is 1. The van der Waals surface area contributed by atoms with E-state index in [4.69, 9.17) is 9.53 Å². The van der Waals surface area contributed by atoms with Gasteiger partial charge in [-0.25, -0.2) is 4.98 Å². The van der Waals surface area contributed by atoms with Crippen LogP contribution < -0.4 is 26.9 Å². The molecule has 134 valence electrons. The number of hydrogen-bond acceptors (Lipinski definition) is 8. The Bertz CT molecular complexity index is 710. The molecule has 2 aromatic rings. The molecule has 0 unspecified atom stereocenters. The average molecular weight is 348 g/mol. The minimum absolute atomic E-state index is 0.0328. The normalized spacial score (nSPS) is 9.40. The highest BCUT2D eigenvalue weighted by atomic mass is 16.6. The molecule has 0 spiro atoms. The van der Waals surface area contributed by atoms with E-state index in [0.29, 0.717) is 23.5 Å². The number of nitro groups is 1. The molecule has 1 amide bonds. The van der Waals surface area contributed by atoms with Gasteiger partial charge in [0, 0.05) is 30.6 Å². The summed E-state index contributed by atoms with van der Waals surface area (Å²) in [6, 6.07) is 8.56. The van der Waals surface area contributed by atoms with Crippen LogP contribution in [0.3, 0.4) is 0 Å². The first kappa shape index (κ1) is 19.8. The van der Waals surface area contributed by atoms with Crippen LogP contribution >= 0.6 is 0 Å². The number of hydrogen-bond donors (Lipinski definition) is 4. The fourth-order valence-electron chi connectivity index (χ4n) is 1.93. The van der Waals surface area contributed by atoms with Gasteiger partial charge in [-0.2, -0.15) is 5.53 Å². The van der Waals surface area contributed by atoms with Crippen LogP contribution in [0.1, 0.15) is 11.1 Å².